The molecule has 0 saturated heterocycles. The first-order chi connectivity index (χ1) is 7.52. The van der Waals surface area contributed by atoms with Gasteiger partial charge in [-0.3, -0.25) is 4.79 Å². The Morgan fingerprint density at radius 3 is 2.44 bits per heavy atom. The molecule has 0 saturated carbocycles. The molecule has 0 aromatic heterocycles. The third-order valence-corrected chi connectivity index (χ3v) is 2.21. The van der Waals surface area contributed by atoms with Gasteiger partial charge in [-0.1, -0.05) is 12.8 Å². The van der Waals surface area contributed by atoms with E-state index < -0.39 is 11.9 Å². The monoisotopic (exact) mass is 267 g/mol. The van der Waals surface area contributed by atoms with Gasteiger partial charge in [-0.15, -0.1) is 23.2 Å². The molecule has 0 aliphatic rings. The molecule has 1 amide bonds. The van der Waals surface area contributed by atoms with Crippen molar-refractivity contribution in [3.63, 3.8) is 0 Å². The summed E-state index contributed by atoms with van der Waals surface area (Å²) in [5.41, 5.74) is 0. The molecule has 0 fully saturated rings. The number of carbonyl (C=O) groups is 2. The van der Waals surface area contributed by atoms with Crippen molar-refractivity contribution in [2.24, 2.45) is 0 Å². The number of nitrogens with one attached hydrogen (secondary N) is 1. The van der Waals surface area contributed by atoms with Crippen LogP contribution in [0.3, 0.4) is 0 Å². The first-order valence-electron chi connectivity index (χ1n) is 4.99. The second-order valence-electron chi connectivity index (χ2n) is 3.20. The highest BCUT2D eigenvalue weighted by Crippen LogP contribution is 2.11. The van der Waals surface area contributed by atoms with Gasteiger partial charge in [0.05, 0.1) is 0 Å². The first kappa shape index (κ1) is 15.3. The maximum atomic E-state index is 11.0. The molecular weight excluding hydrogens is 253 g/mol. The molecule has 0 heterocycles. The standard InChI is InChI=1S/C10H15Cl2NO3/c11-8(12)4-2-1-3-7-13-9(14)5-6-10(15)16/h5-6,8H,1-4,7H2,(H,13,14)(H,15,16). The normalized spacial score (nSPS) is 10.9. The maximum Gasteiger partial charge on any atom is 0.328 e. The van der Waals surface area contributed by atoms with Crippen molar-refractivity contribution in [3.8, 4) is 0 Å². The van der Waals surface area contributed by atoms with E-state index in [0.29, 0.717) is 6.54 Å². The van der Waals surface area contributed by atoms with E-state index in [2.05, 4.69) is 5.32 Å². The minimum Gasteiger partial charge on any atom is -0.478 e. The van der Waals surface area contributed by atoms with Crippen LogP contribution in [0.2, 0.25) is 0 Å². The molecule has 92 valence electrons. The zero-order valence-corrected chi connectivity index (χ0v) is 10.3. The lowest BCUT2D eigenvalue weighted by molar-refractivity contribution is -0.131. The summed E-state index contributed by atoms with van der Waals surface area (Å²) >= 11 is 11.1. The minimum atomic E-state index is -1.13. The molecule has 0 atom stereocenters. The smallest absolute Gasteiger partial charge is 0.328 e. The number of alkyl halides is 2. The molecular formula is C10H15Cl2NO3. The molecule has 0 radical (unpaired) electrons. The van der Waals surface area contributed by atoms with Gasteiger partial charge in [0.1, 0.15) is 4.84 Å². The average Bonchev–Trinajstić information content (AvgIpc) is 2.19. The second kappa shape index (κ2) is 9.48. The summed E-state index contributed by atoms with van der Waals surface area (Å²) in [5, 5.41) is 10.8. The Balaban J connectivity index is 3.38. The van der Waals surface area contributed by atoms with Gasteiger partial charge >= 0.3 is 5.97 Å². The number of halogens is 2. The molecule has 0 bridgehead atoms. The maximum absolute atomic E-state index is 11.0. The molecule has 0 aromatic carbocycles. The highest BCUT2D eigenvalue weighted by molar-refractivity contribution is 6.44. The summed E-state index contributed by atoms with van der Waals surface area (Å²) in [6.45, 7) is 0.526. The number of carboxylic acid groups (broad SMARTS) is 1. The van der Waals surface area contributed by atoms with Crippen LogP contribution in [0.15, 0.2) is 12.2 Å². The van der Waals surface area contributed by atoms with Gasteiger partial charge in [-0.2, -0.15) is 0 Å². The third-order valence-electron chi connectivity index (χ3n) is 1.78. The van der Waals surface area contributed by atoms with Crippen molar-refractivity contribution in [2.75, 3.05) is 6.54 Å². The zero-order valence-electron chi connectivity index (χ0n) is 8.79. The topological polar surface area (TPSA) is 66.4 Å². The van der Waals surface area contributed by atoms with Crippen molar-refractivity contribution in [2.45, 2.75) is 30.5 Å². The predicted octanol–water partition coefficient (Wildman–Crippen LogP) is 2.11. The van der Waals surface area contributed by atoms with Gasteiger partial charge in [0, 0.05) is 18.7 Å². The number of carboxylic acids is 1. The first-order valence-corrected chi connectivity index (χ1v) is 5.86. The van der Waals surface area contributed by atoms with Crippen LogP contribution in [0, 0.1) is 0 Å². The molecule has 2 N–H and O–H groups in total. The molecule has 0 aromatic rings. The van der Waals surface area contributed by atoms with Gasteiger partial charge in [-0.25, -0.2) is 4.79 Å². The third kappa shape index (κ3) is 11.3. The van der Waals surface area contributed by atoms with E-state index in [9.17, 15) is 9.59 Å². The fourth-order valence-electron chi connectivity index (χ4n) is 1.02. The molecule has 0 spiro atoms. The average molecular weight is 268 g/mol. The predicted molar refractivity (Wildman–Crippen MR) is 63.7 cm³/mol. The molecule has 0 rings (SSSR count). The van der Waals surface area contributed by atoms with Crippen LogP contribution in [0.25, 0.3) is 0 Å². The second-order valence-corrected chi connectivity index (χ2v) is 4.48. The highest BCUT2D eigenvalue weighted by Gasteiger charge is 1.99. The number of aliphatic carboxylic acids is 1. The molecule has 0 aliphatic heterocycles. The van der Waals surface area contributed by atoms with Crippen LogP contribution < -0.4 is 5.32 Å². The van der Waals surface area contributed by atoms with E-state index in [0.717, 1.165) is 37.8 Å². The number of hydrogen-bond acceptors (Lipinski definition) is 2. The Labute approximate surface area is 105 Å². The zero-order chi connectivity index (χ0) is 12.4. The fourth-order valence-corrected chi connectivity index (χ4v) is 1.33. The number of carbonyl (C=O) groups excluding carboxylic acids is 1. The Morgan fingerprint density at radius 1 is 1.19 bits per heavy atom. The Kier molecular flexibility index (Phi) is 9.04. The van der Waals surface area contributed by atoms with E-state index in [1.54, 1.807) is 0 Å². The van der Waals surface area contributed by atoms with Crippen LogP contribution in [0.1, 0.15) is 25.7 Å². The number of hydrogen-bond donors (Lipinski definition) is 2. The van der Waals surface area contributed by atoms with Gasteiger partial charge in [0.15, 0.2) is 0 Å². The lowest BCUT2D eigenvalue weighted by atomic mass is 10.2. The van der Waals surface area contributed by atoms with Crippen LogP contribution >= 0.6 is 23.2 Å². The van der Waals surface area contributed by atoms with Gasteiger partial charge in [0.2, 0.25) is 5.91 Å². The van der Waals surface area contributed by atoms with Gasteiger partial charge < -0.3 is 10.4 Å². The van der Waals surface area contributed by atoms with E-state index in [1.807, 2.05) is 0 Å². The van der Waals surface area contributed by atoms with Crippen molar-refractivity contribution in [3.05, 3.63) is 12.2 Å². The van der Waals surface area contributed by atoms with Gasteiger partial charge in [0.25, 0.3) is 0 Å². The summed E-state index contributed by atoms with van der Waals surface area (Å²) in [4.78, 5) is 20.8. The summed E-state index contributed by atoms with van der Waals surface area (Å²) < 4.78 is 0. The van der Waals surface area contributed by atoms with Crippen LogP contribution in [0.5, 0.6) is 0 Å². The lowest BCUT2D eigenvalue weighted by Crippen LogP contribution is -2.22. The molecule has 16 heavy (non-hydrogen) atoms. The Morgan fingerprint density at radius 2 is 1.88 bits per heavy atom. The van der Waals surface area contributed by atoms with Crippen molar-refractivity contribution in [1.82, 2.24) is 5.32 Å². The Hall–Kier alpha value is -0.740. The summed E-state index contributed by atoms with van der Waals surface area (Å²) in [5.74, 6) is -1.53. The highest BCUT2D eigenvalue weighted by atomic mass is 35.5. The van der Waals surface area contributed by atoms with E-state index in [-0.39, 0.29) is 4.84 Å². The molecule has 0 unspecified atom stereocenters. The Bertz CT molecular complexity index is 254. The van der Waals surface area contributed by atoms with Crippen molar-refractivity contribution < 1.29 is 14.7 Å². The van der Waals surface area contributed by atoms with E-state index in [4.69, 9.17) is 28.3 Å². The summed E-state index contributed by atoms with van der Waals surface area (Å²) in [6, 6.07) is 0. The van der Waals surface area contributed by atoms with E-state index >= 15 is 0 Å². The molecule has 0 aliphatic carbocycles. The summed E-state index contributed by atoms with van der Waals surface area (Å²) in [6.07, 6.45) is 5.22. The SMILES string of the molecule is O=C(O)C=CC(=O)NCCCCCC(Cl)Cl. The molecule has 6 heteroatoms. The largest absolute Gasteiger partial charge is 0.478 e. The number of rotatable bonds is 8. The molecule has 4 nitrogen and oxygen atoms in total. The quantitative estimate of drug-likeness (QED) is 0.402. The lowest BCUT2D eigenvalue weighted by Gasteiger charge is -2.02. The van der Waals surface area contributed by atoms with Crippen LogP contribution in [0.4, 0.5) is 0 Å². The summed E-state index contributed by atoms with van der Waals surface area (Å²) in [7, 11) is 0. The van der Waals surface area contributed by atoms with Crippen molar-refractivity contribution in [1.29, 1.82) is 0 Å². The van der Waals surface area contributed by atoms with E-state index in [1.165, 1.54) is 0 Å². The number of unbranched alkanes of at least 4 members (excludes halogenated alkanes) is 2. The van der Waals surface area contributed by atoms with Crippen LogP contribution in [-0.2, 0) is 9.59 Å². The minimum absolute atomic E-state index is 0.326. The fraction of sp³-hybridized carbons (Fsp3) is 0.600. The van der Waals surface area contributed by atoms with Crippen molar-refractivity contribution >= 4 is 35.1 Å². The van der Waals surface area contributed by atoms with Gasteiger partial charge in [-0.05, 0) is 12.8 Å². The number of amides is 1. The van der Waals surface area contributed by atoms with Crippen LogP contribution in [-0.4, -0.2) is 28.4 Å².